The van der Waals surface area contributed by atoms with Crippen molar-refractivity contribution < 1.29 is 13.2 Å². The first-order chi connectivity index (χ1) is 11.4. The molecule has 1 heterocycles. The van der Waals surface area contributed by atoms with E-state index in [2.05, 4.69) is 0 Å². The van der Waals surface area contributed by atoms with Gasteiger partial charge in [-0.1, -0.05) is 60.7 Å². The molecule has 0 bridgehead atoms. The molecule has 2 aromatic rings. The zero-order chi connectivity index (χ0) is 17.2. The molecule has 2 aromatic carbocycles. The van der Waals surface area contributed by atoms with Crippen LogP contribution in [0.15, 0.2) is 60.7 Å². The third kappa shape index (κ3) is 3.01. The minimum Gasteiger partial charge on any atom is -0.298 e. The van der Waals surface area contributed by atoms with Crippen LogP contribution in [0, 0.1) is 0 Å². The molecule has 0 amide bonds. The van der Waals surface area contributed by atoms with Gasteiger partial charge in [0.1, 0.15) is 5.78 Å². The van der Waals surface area contributed by atoms with Gasteiger partial charge in [-0.15, -0.1) is 0 Å². The topological polar surface area (TPSA) is 54.5 Å². The largest absolute Gasteiger partial charge is 0.298 e. The van der Waals surface area contributed by atoms with Gasteiger partial charge in [-0.3, -0.25) is 4.79 Å². The number of nitrogens with zero attached hydrogens (tertiary/aromatic N) is 1. The Balaban J connectivity index is 2.13. The smallest absolute Gasteiger partial charge is 0.211 e. The molecule has 0 aromatic heterocycles. The number of hydrogen-bond donors (Lipinski definition) is 0. The van der Waals surface area contributed by atoms with Crippen LogP contribution in [-0.2, 0) is 20.2 Å². The third-order valence-electron chi connectivity index (χ3n) is 4.80. The van der Waals surface area contributed by atoms with Gasteiger partial charge < -0.3 is 0 Å². The first-order valence-electron chi connectivity index (χ1n) is 8.04. The molecule has 0 aliphatic carbocycles. The Morgan fingerprint density at radius 1 is 0.875 bits per heavy atom. The number of rotatable bonds is 3. The summed E-state index contributed by atoms with van der Waals surface area (Å²) in [7, 11) is -3.31. The monoisotopic (exact) mass is 343 g/mol. The van der Waals surface area contributed by atoms with E-state index < -0.39 is 15.4 Å². The summed E-state index contributed by atoms with van der Waals surface area (Å²) in [5.74, 6) is 0.0750. The van der Waals surface area contributed by atoms with Crippen LogP contribution in [0.3, 0.4) is 0 Å². The minimum atomic E-state index is -3.31. The molecule has 0 spiro atoms. The summed E-state index contributed by atoms with van der Waals surface area (Å²) in [5, 5.41) is 0. The molecular formula is C19H21NO3S. The van der Waals surface area contributed by atoms with Gasteiger partial charge >= 0.3 is 0 Å². The maximum absolute atomic E-state index is 13.2. The van der Waals surface area contributed by atoms with E-state index in [4.69, 9.17) is 0 Å². The fourth-order valence-electron chi connectivity index (χ4n) is 3.54. The first-order valence-corrected chi connectivity index (χ1v) is 9.89. The molecule has 0 unspecified atom stereocenters. The van der Waals surface area contributed by atoms with Crippen molar-refractivity contribution in [1.82, 2.24) is 4.31 Å². The van der Waals surface area contributed by atoms with E-state index in [1.807, 2.05) is 60.7 Å². The van der Waals surface area contributed by atoms with Crippen molar-refractivity contribution in [1.29, 1.82) is 0 Å². The van der Waals surface area contributed by atoms with Crippen molar-refractivity contribution in [3.63, 3.8) is 0 Å². The second-order valence-corrected chi connectivity index (χ2v) is 8.21. The Kier molecular flexibility index (Phi) is 4.56. The highest BCUT2D eigenvalue weighted by molar-refractivity contribution is 7.88. The number of sulfonamides is 1. The summed E-state index contributed by atoms with van der Waals surface area (Å²) in [4.78, 5) is 13.2. The highest BCUT2D eigenvalue weighted by Gasteiger charge is 2.43. The molecule has 5 heteroatoms. The van der Waals surface area contributed by atoms with Crippen molar-refractivity contribution in [3.8, 4) is 0 Å². The van der Waals surface area contributed by atoms with Gasteiger partial charge in [0, 0.05) is 19.5 Å². The predicted molar refractivity (Wildman–Crippen MR) is 94.3 cm³/mol. The van der Waals surface area contributed by atoms with Gasteiger partial charge in [-0.05, 0) is 17.5 Å². The van der Waals surface area contributed by atoms with E-state index in [9.17, 15) is 13.2 Å². The van der Waals surface area contributed by atoms with Crippen LogP contribution in [0.5, 0.6) is 0 Å². The van der Waals surface area contributed by atoms with Crippen molar-refractivity contribution in [2.45, 2.75) is 18.3 Å². The van der Waals surface area contributed by atoms with E-state index in [1.165, 1.54) is 10.6 Å². The Morgan fingerprint density at radius 2 is 1.38 bits per heavy atom. The third-order valence-corrected chi connectivity index (χ3v) is 6.11. The first kappa shape index (κ1) is 16.9. The van der Waals surface area contributed by atoms with Crippen LogP contribution in [0.4, 0.5) is 0 Å². The van der Waals surface area contributed by atoms with E-state index >= 15 is 0 Å². The predicted octanol–water partition coefficient (Wildman–Crippen LogP) is 2.60. The molecule has 1 saturated heterocycles. The van der Waals surface area contributed by atoms with Crippen LogP contribution >= 0.6 is 0 Å². The number of Topliss-reactive ketones (excluding diaryl/α,β-unsaturated/α-hetero) is 1. The standard InChI is InChI=1S/C19H21NO3S/c1-24(22,23)20-14-12-18(21)19(13-15-20,16-8-4-2-5-9-16)17-10-6-3-7-11-17/h2-11H,12-15H2,1H3. The average Bonchev–Trinajstić information content (AvgIpc) is 2.76. The van der Waals surface area contributed by atoms with Gasteiger partial charge in [-0.25, -0.2) is 12.7 Å². The Bertz CT molecular complexity index is 777. The van der Waals surface area contributed by atoms with Crippen molar-refractivity contribution in [3.05, 3.63) is 71.8 Å². The van der Waals surface area contributed by atoms with Crippen LogP contribution in [0.1, 0.15) is 24.0 Å². The average molecular weight is 343 g/mol. The molecule has 0 radical (unpaired) electrons. The van der Waals surface area contributed by atoms with Gasteiger partial charge in [0.15, 0.2) is 0 Å². The molecule has 0 N–H and O–H groups in total. The fraction of sp³-hybridized carbons (Fsp3) is 0.316. The molecule has 3 rings (SSSR count). The van der Waals surface area contributed by atoms with Crippen LogP contribution < -0.4 is 0 Å². The Labute approximate surface area is 143 Å². The zero-order valence-electron chi connectivity index (χ0n) is 13.7. The maximum Gasteiger partial charge on any atom is 0.211 e. The summed E-state index contributed by atoms with van der Waals surface area (Å²) in [5.41, 5.74) is 1.07. The Hall–Kier alpha value is -1.98. The molecule has 1 fully saturated rings. The number of benzene rings is 2. The lowest BCUT2D eigenvalue weighted by molar-refractivity contribution is -0.122. The number of carbonyl (C=O) groups excluding carboxylic acids is 1. The summed E-state index contributed by atoms with van der Waals surface area (Å²) in [6.45, 7) is 0.591. The van der Waals surface area contributed by atoms with Crippen molar-refractivity contribution in [2.24, 2.45) is 0 Å². The van der Waals surface area contributed by atoms with Crippen molar-refractivity contribution >= 4 is 15.8 Å². The SMILES string of the molecule is CS(=O)(=O)N1CCC(=O)C(c2ccccc2)(c2ccccc2)CC1. The lowest BCUT2D eigenvalue weighted by Crippen LogP contribution is -2.37. The second-order valence-electron chi connectivity index (χ2n) is 6.22. The number of hydrogen-bond acceptors (Lipinski definition) is 3. The molecule has 4 nitrogen and oxygen atoms in total. The van der Waals surface area contributed by atoms with Crippen LogP contribution in [0.2, 0.25) is 0 Å². The molecule has 0 atom stereocenters. The van der Waals surface area contributed by atoms with Crippen LogP contribution in [0.25, 0.3) is 0 Å². The normalized spacial score (nSPS) is 19.0. The minimum absolute atomic E-state index is 0.0750. The van der Waals surface area contributed by atoms with Gasteiger partial charge in [0.05, 0.1) is 11.7 Å². The second kappa shape index (κ2) is 6.49. The Morgan fingerprint density at radius 3 is 1.83 bits per heavy atom. The summed E-state index contributed by atoms with van der Waals surface area (Å²) in [6.07, 6.45) is 1.87. The lowest BCUT2D eigenvalue weighted by Gasteiger charge is -2.32. The van der Waals surface area contributed by atoms with Gasteiger partial charge in [-0.2, -0.15) is 0 Å². The van der Waals surface area contributed by atoms with Gasteiger partial charge in [0.2, 0.25) is 10.0 Å². The van der Waals surface area contributed by atoms with E-state index in [1.54, 1.807) is 0 Å². The highest BCUT2D eigenvalue weighted by atomic mass is 32.2. The molecular weight excluding hydrogens is 322 g/mol. The van der Waals surface area contributed by atoms with Gasteiger partial charge in [0.25, 0.3) is 0 Å². The quantitative estimate of drug-likeness (QED) is 0.861. The summed E-state index contributed by atoms with van der Waals surface area (Å²) < 4.78 is 25.3. The number of ketones is 1. The maximum atomic E-state index is 13.2. The summed E-state index contributed by atoms with van der Waals surface area (Å²) >= 11 is 0. The molecule has 1 aliphatic heterocycles. The molecule has 1 aliphatic rings. The lowest BCUT2D eigenvalue weighted by atomic mass is 9.68. The van der Waals surface area contributed by atoms with E-state index in [-0.39, 0.29) is 18.7 Å². The van der Waals surface area contributed by atoms with E-state index in [0.717, 1.165) is 11.1 Å². The molecule has 24 heavy (non-hydrogen) atoms. The summed E-state index contributed by atoms with van der Waals surface area (Å²) in [6, 6.07) is 19.4. The molecule has 126 valence electrons. The zero-order valence-corrected chi connectivity index (χ0v) is 14.5. The van der Waals surface area contributed by atoms with Crippen LogP contribution in [-0.4, -0.2) is 37.9 Å². The van der Waals surface area contributed by atoms with E-state index in [0.29, 0.717) is 13.0 Å². The highest BCUT2D eigenvalue weighted by Crippen LogP contribution is 2.39. The fourth-order valence-corrected chi connectivity index (χ4v) is 4.38. The number of carbonyl (C=O) groups is 1. The molecule has 0 saturated carbocycles. The van der Waals surface area contributed by atoms with Crippen molar-refractivity contribution in [2.75, 3.05) is 19.3 Å².